The lowest BCUT2D eigenvalue weighted by Crippen LogP contribution is -2.30. The van der Waals surface area contributed by atoms with Crippen molar-refractivity contribution in [2.24, 2.45) is 0 Å². The van der Waals surface area contributed by atoms with Gasteiger partial charge in [0.25, 0.3) is 5.91 Å². The fraction of sp³-hybridized carbons (Fsp3) is 0.364. The van der Waals surface area contributed by atoms with Gasteiger partial charge in [0.1, 0.15) is 5.75 Å². The lowest BCUT2D eigenvalue weighted by Gasteiger charge is -2.10. The first-order valence-corrected chi connectivity index (χ1v) is 5.10. The van der Waals surface area contributed by atoms with Crippen LogP contribution in [0.3, 0.4) is 0 Å². The molecule has 1 atom stereocenters. The Morgan fingerprint density at radius 1 is 1.50 bits per heavy atom. The van der Waals surface area contributed by atoms with Crippen molar-refractivity contribution in [1.82, 2.24) is 5.32 Å². The van der Waals surface area contributed by atoms with Crippen LogP contribution in [0.4, 0.5) is 13.2 Å². The van der Waals surface area contributed by atoms with Gasteiger partial charge >= 0.3 is 6.36 Å². The number of amides is 1. The predicted octanol–water partition coefficient (Wildman–Crippen LogP) is 1.70. The van der Waals surface area contributed by atoms with Gasteiger partial charge in [-0.25, -0.2) is 0 Å². The van der Waals surface area contributed by atoms with Crippen LogP contribution in [0.5, 0.6) is 5.75 Å². The average Bonchev–Trinajstić information content (AvgIpc) is 2.23. The van der Waals surface area contributed by atoms with E-state index in [9.17, 15) is 18.0 Å². The zero-order valence-electron chi connectivity index (χ0n) is 9.49. The summed E-state index contributed by atoms with van der Waals surface area (Å²) in [6.45, 7) is 1.49. The van der Waals surface area contributed by atoms with Crippen molar-refractivity contribution in [3.63, 3.8) is 0 Å². The van der Waals surface area contributed by atoms with Crippen LogP contribution < -0.4 is 10.1 Å². The molecule has 2 N–H and O–H groups in total. The number of hydrogen-bond donors (Lipinski definition) is 2. The number of nitrogens with one attached hydrogen (secondary N) is 1. The molecule has 0 aliphatic rings. The summed E-state index contributed by atoms with van der Waals surface area (Å²) < 4.78 is 39.6. The maximum absolute atomic E-state index is 12.0. The minimum absolute atomic E-state index is 0.0171. The van der Waals surface area contributed by atoms with Crippen LogP contribution in [0.1, 0.15) is 17.3 Å². The summed E-state index contributed by atoms with van der Waals surface area (Å²) in [4.78, 5) is 11.5. The Bertz CT molecular complexity index is 418. The number of carbonyl (C=O) groups excluding carboxylic acids is 1. The molecule has 18 heavy (non-hydrogen) atoms. The van der Waals surface area contributed by atoms with E-state index in [1.54, 1.807) is 0 Å². The summed E-state index contributed by atoms with van der Waals surface area (Å²) in [7, 11) is 0. The van der Waals surface area contributed by atoms with Crippen LogP contribution in [0.15, 0.2) is 24.3 Å². The van der Waals surface area contributed by atoms with Crippen molar-refractivity contribution >= 4 is 5.91 Å². The molecule has 0 aliphatic carbocycles. The molecule has 1 aromatic carbocycles. The minimum atomic E-state index is -4.80. The molecule has 100 valence electrons. The monoisotopic (exact) mass is 263 g/mol. The first-order valence-electron chi connectivity index (χ1n) is 5.10. The number of aliphatic hydroxyl groups excluding tert-OH is 1. The Morgan fingerprint density at radius 2 is 2.17 bits per heavy atom. The molecule has 0 fully saturated rings. The zero-order chi connectivity index (χ0) is 13.8. The molecule has 7 heteroatoms. The van der Waals surface area contributed by atoms with Crippen LogP contribution >= 0.6 is 0 Å². The van der Waals surface area contributed by atoms with Crippen molar-refractivity contribution in [1.29, 1.82) is 0 Å². The number of ether oxygens (including phenoxy) is 1. The predicted molar refractivity (Wildman–Crippen MR) is 57.1 cm³/mol. The topological polar surface area (TPSA) is 58.6 Å². The highest BCUT2D eigenvalue weighted by Gasteiger charge is 2.31. The quantitative estimate of drug-likeness (QED) is 0.869. The molecule has 1 aromatic rings. The number of carbonyl (C=O) groups is 1. The van der Waals surface area contributed by atoms with Crippen LogP contribution in [-0.4, -0.2) is 30.0 Å². The highest BCUT2D eigenvalue weighted by atomic mass is 19.4. The molecule has 0 saturated heterocycles. The van der Waals surface area contributed by atoms with Gasteiger partial charge in [0.05, 0.1) is 6.10 Å². The molecule has 0 aromatic heterocycles. The second-order valence-electron chi connectivity index (χ2n) is 3.63. The van der Waals surface area contributed by atoms with Gasteiger partial charge in [-0.2, -0.15) is 0 Å². The summed E-state index contributed by atoms with van der Waals surface area (Å²) in [6.07, 6.45) is -5.53. The van der Waals surface area contributed by atoms with E-state index in [0.29, 0.717) is 0 Å². The van der Waals surface area contributed by atoms with Crippen molar-refractivity contribution in [2.75, 3.05) is 6.54 Å². The van der Waals surface area contributed by atoms with Crippen molar-refractivity contribution in [3.05, 3.63) is 29.8 Å². The van der Waals surface area contributed by atoms with E-state index >= 15 is 0 Å². The molecular weight excluding hydrogens is 251 g/mol. The molecule has 0 bridgehead atoms. The number of aliphatic hydroxyl groups is 1. The van der Waals surface area contributed by atoms with Gasteiger partial charge in [-0.15, -0.1) is 13.2 Å². The summed E-state index contributed by atoms with van der Waals surface area (Å²) in [5, 5.41) is 11.3. The summed E-state index contributed by atoms with van der Waals surface area (Å²) in [6, 6.07) is 4.70. The largest absolute Gasteiger partial charge is 0.573 e. The smallest absolute Gasteiger partial charge is 0.406 e. The third-order valence-corrected chi connectivity index (χ3v) is 1.89. The first kappa shape index (κ1) is 14.3. The third-order valence-electron chi connectivity index (χ3n) is 1.89. The highest BCUT2D eigenvalue weighted by molar-refractivity contribution is 5.94. The number of benzene rings is 1. The van der Waals surface area contributed by atoms with Gasteiger partial charge in [-0.05, 0) is 25.1 Å². The average molecular weight is 263 g/mol. The van der Waals surface area contributed by atoms with E-state index < -0.39 is 24.1 Å². The number of halogens is 3. The molecule has 0 saturated carbocycles. The van der Waals surface area contributed by atoms with Crippen LogP contribution in [0.25, 0.3) is 0 Å². The van der Waals surface area contributed by atoms with Gasteiger partial charge in [-0.3, -0.25) is 4.79 Å². The maximum Gasteiger partial charge on any atom is 0.573 e. The maximum atomic E-state index is 12.0. The van der Waals surface area contributed by atoms with E-state index in [0.717, 1.165) is 12.1 Å². The Morgan fingerprint density at radius 3 is 2.72 bits per heavy atom. The number of alkyl halides is 3. The van der Waals surface area contributed by atoms with E-state index in [-0.39, 0.29) is 12.1 Å². The van der Waals surface area contributed by atoms with E-state index in [1.165, 1.54) is 19.1 Å². The van der Waals surface area contributed by atoms with Crippen molar-refractivity contribution in [3.8, 4) is 5.75 Å². The van der Waals surface area contributed by atoms with Crippen LogP contribution in [0, 0.1) is 0 Å². The lowest BCUT2D eigenvalue weighted by molar-refractivity contribution is -0.274. The minimum Gasteiger partial charge on any atom is -0.406 e. The first-order chi connectivity index (χ1) is 8.28. The Labute approximate surface area is 101 Å². The molecular formula is C11H12F3NO3. The summed E-state index contributed by atoms with van der Waals surface area (Å²) in [5.74, 6) is -1.05. The van der Waals surface area contributed by atoms with Gasteiger partial charge in [0.15, 0.2) is 0 Å². The molecule has 1 rings (SSSR count). The van der Waals surface area contributed by atoms with Gasteiger partial charge in [0.2, 0.25) is 0 Å². The molecule has 0 radical (unpaired) electrons. The van der Waals surface area contributed by atoms with Crippen LogP contribution in [-0.2, 0) is 0 Å². The Kier molecular flexibility index (Phi) is 4.55. The fourth-order valence-electron chi connectivity index (χ4n) is 1.18. The standard InChI is InChI=1S/C11H12F3NO3/c1-7(16)6-15-10(17)8-3-2-4-9(5-8)18-11(12,13)14/h2-5,7,16H,6H2,1H3,(H,15,17)/t7-/m1/s1. The van der Waals surface area contributed by atoms with Crippen LogP contribution in [0.2, 0.25) is 0 Å². The molecule has 0 heterocycles. The number of rotatable bonds is 4. The highest BCUT2D eigenvalue weighted by Crippen LogP contribution is 2.23. The van der Waals surface area contributed by atoms with E-state index in [2.05, 4.69) is 10.1 Å². The second-order valence-corrected chi connectivity index (χ2v) is 3.63. The van der Waals surface area contributed by atoms with Gasteiger partial charge in [-0.1, -0.05) is 6.07 Å². The summed E-state index contributed by atoms with van der Waals surface area (Å²) in [5.41, 5.74) is 0.0254. The zero-order valence-corrected chi connectivity index (χ0v) is 9.49. The fourth-order valence-corrected chi connectivity index (χ4v) is 1.18. The summed E-state index contributed by atoms with van der Waals surface area (Å²) >= 11 is 0. The Hall–Kier alpha value is -1.76. The SMILES string of the molecule is C[C@@H](O)CNC(=O)c1cccc(OC(F)(F)F)c1. The second kappa shape index (κ2) is 5.72. The molecule has 0 aliphatic heterocycles. The van der Waals surface area contributed by atoms with Gasteiger partial charge in [0, 0.05) is 12.1 Å². The van der Waals surface area contributed by atoms with Gasteiger partial charge < -0.3 is 15.2 Å². The normalized spacial score (nSPS) is 12.9. The molecule has 1 amide bonds. The molecule has 0 unspecified atom stereocenters. The molecule has 0 spiro atoms. The van der Waals surface area contributed by atoms with E-state index in [1.807, 2.05) is 0 Å². The van der Waals surface area contributed by atoms with E-state index in [4.69, 9.17) is 5.11 Å². The number of hydrogen-bond acceptors (Lipinski definition) is 3. The molecule has 4 nitrogen and oxygen atoms in total. The van der Waals surface area contributed by atoms with Crippen molar-refractivity contribution in [2.45, 2.75) is 19.4 Å². The Balaban J connectivity index is 2.72. The third kappa shape index (κ3) is 5.05. The lowest BCUT2D eigenvalue weighted by atomic mass is 10.2. The van der Waals surface area contributed by atoms with Crippen molar-refractivity contribution < 1.29 is 27.8 Å².